The molecule has 0 fully saturated rings. The number of aromatic amines is 1. The van der Waals surface area contributed by atoms with E-state index < -0.39 is 0 Å². The summed E-state index contributed by atoms with van der Waals surface area (Å²) in [6.45, 7) is 0.763. The summed E-state index contributed by atoms with van der Waals surface area (Å²) in [6.07, 6.45) is 2.52. The number of imidazole rings is 1. The van der Waals surface area contributed by atoms with E-state index in [1.807, 2.05) is 25.2 Å². The SMILES string of the molecule is CNCc1ccc(Cc2ccc3nc[nH]c3c2)o1. The lowest BCUT2D eigenvalue weighted by atomic mass is 10.1. The Morgan fingerprint density at radius 2 is 2.11 bits per heavy atom. The van der Waals surface area contributed by atoms with E-state index in [-0.39, 0.29) is 0 Å². The Morgan fingerprint density at radius 3 is 3.00 bits per heavy atom. The first-order valence-electron chi connectivity index (χ1n) is 5.99. The lowest BCUT2D eigenvalue weighted by Gasteiger charge is -1.99. The Bertz CT molecular complexity index is 654. The normalized spacial score (nSPS) is 11.2. The number of aromatic nitrogens is 2. The molecule has 1 aromatic carbocycles. The molecule has 0 saturated carbocycles. The van der Waals surface area contributed by atoms with E-state index in [9.17, 15) is 0 Å². The van der Waals surface area contributed by atoms with E-state index >= 15 is 0 Å². The molecule has 0 atom stereocenters. The highest BCUT2D eigenvalue weighted by molar-refractivity contribution is 5.75. The Labute approximate surface area is 105 Å². The third-order valence-corrected chi connectivity index (χ3v) is 2.93. The molecule has 0 aliphatic carbocycles. The first-order chi connectivity index (χ1) is 8.85. The van der Waals surface area contributed by atoms with Gasteiger partial charge in [0.2, 0.25) is 0 Å². The van der Waals surface area contributed by atoms with Crippen LogP contribution in [-0.2, 0) is 13.0 Å². The number of furan rings is 1. The van der Waals surface area contributed by atoms with Crippen LogP contribution in [0.1, 0.15) is 17.1 Å². The van der Waals surface area contributed by atoms with Crippen molar-refractivity contribution in [3.05, 3.63) is 53.7 Å². The fourth-order valence-electron chi connectivity index (χ4n) is 2.08. The molecule has 2 heterocycles. The molecule has 18 heavy (non-hydrogen) atoms. The second-order valence-electron chi connectivity index (χ2n) is 4.33. The van der Waals surface area contributed by atoms with Gasteiger partial charge in [0.1, 0.15) is 11.5 Å². The van der Waals surface area contributed by atoms with Gasteiger partial charge in [0.25, 0.3) is 0 Å². The summed E-state index contributed by atoms with van der Waals surface area (Å²) in [5, 5.41) is 3.07. The van der Waals surface area contributed by atoms with Crippen molar-refractivity contribution in [2.75, 3.05) is 7.05 Å². The monoisotopic (exact) mass is 241 g/mol. The maximum Gasteiger partial charge on any atom is 0.117 e. The summed E-state index contributed by atoms with van der Waals surface area (Å²) in [7, 11) is 1.91. The molecule has 0 amide bonds. The molecule has 0 radical (unpaired) electrons. The molecule has 0 saturated heterocycles. The quantitative estimate of drug-likeness (QED) is 0.737. The number of nitrogens with zero attached hydrogens (tertiary/aromatic N) is 1. The Kier molecular flexibility index (Phi) is 2.86. The lowest BCUT2D eigenvalue weighted by molar-refractivity contribution is 0.462. The number of nitrogens with one attached hydrogen (secondary N) is 2. The van der Waals surface area contributed by atoms with Gasteiger partial charge < -0.3 is 14.7 Å². The fraction of sp³-hybridized carbons (Fsp3) is 0.214. The minimum absolute atomic E-state index is 0.763. The zero-order valence-corrected chi connectivity index (χ0v) is 10.2. The molecule has 0 aliphatic heterocycles. The van der Waals surface area contributed by atoms with Crippen molar-refractivity contribution >= 4 is 11.0 Å². The number of rotatable bonds is 4. The van der Waals surface area contributed by atoms with Crippen molar-refractivity contribution in [1.82, 2.24) is 15.3 Å². The minimum atomic E-state index is 0.763. The molecule has 3 aromatic rings. The van der Waals surface area contributed by atoms with Gasteiger partial charge in [-0.25, -0.2) is 4.98 Å². The molecule has 0 spiro atoms. The summed E-state index contributed by atoms with van der Waals surface area (Å²) in [5.74, 6) is 1.95. The molecule has 2 N–H and O–H groups in total. The van der Waals surface area contributed by atoms with Gasteiger partial charge in [0.15, 0.2) is 0 Å². The molecule has 4 heteroatoms. The van der Waals surface area contributed by atoms with Crippen LogP contribution in [0, 0.1) is 0 Å². The third-order valence-electron chi connectivity index (χ3n) is 2.93. The zero-order valence-electron chi connectivity index (χ0n) is 10.2. The topological polar surface area (TPSA) is 53.9 Å². The maximum atomic E-state index is 5.73. The van der Waals surface area contributed by atoms with Crippen LogP contribution in [0.25, 0.3) is 11.0 Å². The highest BCUT2D eigenvalue weighted by atomic mass is 16.3. The Morgan fingerprint density at radius 1 is 1.22 bits per heavy atom. The smallest absolute Gasteiger partial charge is 0.117 e. The van der Waals surface area contributed by atoms with Crippen molar-refractivity contribution in [2.45, 2.75) is 13.0 Å². The van der Waals surface area contributed by atoms with Gasteiger partial charge in [0, 0.05) is 6.42 Å². The van der Waals surface area contributed by atoms with Crippen molar-refractivity contribution in [3.8, 4) is 0 Å². The molecule has 0 bridgehead atoms. The van der Waals surface area contributed by atoms with Crippen LogP contribution in [0.5, 0.6) is 0 Å². The van der Waals surface area contributed by atoms with Crippen LogP contribution in [-0.4, -0.2) is 17.0 Å². The van der Waals surface area contributed by atoms with Gasteiger partial charge >= 0.3 is 0 Å². The van der Waals surface area contributed by atoms with Crippen molar-refractivity contribution in [2.24, 2.45) is 0 Å². The van der Waals surface area contributed by atoms with Gasteiger partial charge in [-0.05, 0) is 36.9 Å². The van der Waals surface area contributed by atoms with Crippen LogP contribution >= 0.6 is 0 Å². The zero-order chi connectivity index (χ0) is 12.4. The largest absolute Gasteiger partial charge is 0.464 e. The number of hydrogen-bond donors (Lipinski definition) is 2. The van der Waals surface area contributed by atoms with Gasteiger partial charge in [-0.3, -0.25) is 0 Å². The molecule has 4 nitrogen and oxygen atoms in total. The summed E-state index contributed by atoms with van der Waals surface area (Å²) < 4.78 is 5.73. The predicted molar refractivity (Wildman–Crippen MR) is 70.4 cm³/mol. The number of fused-ring (bicyclic) bond motifs is 1. The highest BCUT2D eigenvalue weighted by Gasteiger charge is 2.04. The average molecular weight is 241 g/mol. The van der Waals surface area contributed by atoms with E-state index in [0.29, 0.717) is 0 Å². The Hall–Kier alpha value is -2.07. The number of H-pyrrole nitrogens is 1. The van der Waals surface area contributed by atoms with E-state index in [1.165, 1.54) is 5.56 Å². The predicted octanol–water partition coefficient (Wildman–Crippen LogP) is 2.47. The minimum Gasteiger partial charge on any atom is -0.464 e. The van der Waals surface area contributed by atoms with E-state index in [0.717, 1.165) is 35.5 Å². The first-order valence-corrected chi connectivity index (χ1v) is 5.99. The molecule has 92 valence electrons. The third kappa shape index (κ3) is 2.15. The van der Waals surface area contributed by atoms with Gasteiger partial charge in [0.05, 0.1) is 23.9 Å². The Balaban J connectivity index is 1.81. The average Bonchev–Trinajstić information content (AvgIpc) is 2.98. The summed E-state index contributed by atoms with van der Waals surface area (Å²) in [5.41, 5.74) is 3.28. The first kappa shape index (κ1) is 11.0. The van der Waals surface area contributed by atoms with Crippen LogP contribution in [0.2, 0.25) is 0 Å². The molecule has 2 aromatic heterocycles. The van der Waals surface area contributed by atoms with Crippen LogP contribution in [0.15, 0.2) is 41.1 Å². The summed E-state index contributed by atoms with van der Waals surface area (Å²) >= 11 is 0. The van der Waals surface area contributed by atoms with Crippen LogP contribution in [0.4, 0.5) is 0 Å². The second-order valence-corrected chi connectivity index (χ2v) is 4.33. The second kappa shape index (κ2) is 4.66. The fourth-order valence-corrected chi connectivity index (χ4v) is 2.08. The van der Waals surface area contributed by atoms with E-state index in [1.54, 1.807) is 6.33 Å². The van der Waals surface area contributed by atoms with Crippen LogP contribution in [0.3, 0.4) is 0 Å². The number of benzene rings is 1. The van der Waals surface area contributed by atoms with E-state index in [4.69, 9.17) is 4.42 Å². The molecular weight excluding hydrogens is 226 g/mol. The molecule has 3 rings (SSSR count). The lowest BCUT2D eigenvalue weighted by Crippen LogP contribution is -2.03. The maximum absolute atomic E-state index is 5.73. The summed E-state index contributed by atoms with van der Waals surface area (Å²) in [6, 6.07) is 10.3. The van der Waals surface area contributed by atoms with Gasteiger partial charge in [-0.2, -0.15) is 0 Å². The molecule has 0 unspecified atom stereocenters. The van der Waals surface area contributed by atoms with Crippen molar-refractivity contribution in [3.63, 3.8) is 0 Å². The molecular formula is C14H15N3O. The summed E-state index contributed by atoms with van der Waals surface area (Å²) in [4.78, 5) is 7.33. The standard InChI is InChI=1S/C14H15N3O/c1-15-8-12-4-3-11(18-12)6-10-2-5-13-14(7-10)17-9-16-13/h2-5,7,9,15H,6,8H2,1H3,(H,16,17). The van der Waals surface area contributed by atoms with Crippen LogP contribution < -0.4 is 5.32 Å². The van der Waals surface area contributed by atoms with Crippen molar-refractivity contribution < 1.29 is 4.42 Å². The van der Waals surface area contributed by atoms with Gasteiger partial charge in [-0.1, -0.05) is 6.07 Å². The number of hydrogen-bond acceptors (Lipinski definition) is 3. The van der Waals surface area contributed by atoms with Gasteiger partial charge in [-0.15, -0.1) is 0 Å². The highest BCUT2D eigenvalue weighted by Crippen LogP contribution is 2.17. The van der Waals surface area contributed by atoms with E-state index in [2.05, 4.69) is 27.4 Å². The molecule has 0 aliphatic rings. The van der Waals surface area contributed by atoms with Crippen molar-refractivity contribution in [1.29, 1.82) is 0 Å².